The van der Waals surface area contributed by atoms with Crippen molar-refractivity contribution in [3.8, 4) is 0 Å². The van der Waals surface area contributed by atoms with Gasteiger partial charge in [-0.05, 0) is 24.7 Å². The van der Waals surface area contributed by atoms with E-state index in [9.17, 15) is 9.59 Å². The minimum absolute atomic E-state index is 0.100. The van der Waals surface area contributed by atoms with Crippen molar-refractivity contribution in [3.05, 3.63) is 0 Å². The number of unbranched alkanes of at least 4 members (excludes halogenated alkanes) is 1. The van der Waals surface area contributed by atoms with Gasteiger partial charge in [-0.15, -0.1) is 0 Å². The van der Waals surface area contributed by atoms with Crippen LogP contribution in [-0.2, 0) is 28.7 Å². The fourth-order valence-corrected chi connectivity index (χ4v) is 1.48. The number of carbonyl (C=O) groups is 2. The van der Waals surface area contributed by atoms with Crippen molar-refractivity contribution in [2.75, 3.05) is 33.2 Å². The summed E-state index contributed by atoms with van der Waals surface area (Å²) in [7, 11) is 0. The zero-order valence-electron chi connectivity index (χ0n) is 19.0. The van der Waals surface area contributed by atoms with E-state index in [1.54, 1.807) is 0 Å². The smallest absolute Gasteiger partial charge is 0.216 e. The van der Waals surface area contributed by atoms with Crippen molar-refractivity contribution in [1.82, 2.24) is 0 Å². The summed E-state index contributed by atoms with van der Waals surface area (Å²) in [4.78, 5) is 30.4. The fourth-order valence-electron chi connectivity index (χ4n) is 1.48. The van der Waals surface area contributed by atoms with E-state index >= 15 is 0 Å². The Bertz CT molecular complexity index is 454. The van der Waals surface area contributed by atoms with Crippen LogP contribution in [-0.4, -0.2) is 57.2 Å². The topological polar surface area (TPSA) is 95.8 Å². The molecule has 0 saturated heterocycles. The Hall–Kier alpha value is -1.80. The molecule has 0 aliphatic rings. The average molecular weight is 417 g/mol. The molecule has 0 aromatic heterocycles. The van der Waals surface area contributed by atoms with Crippen molar-refractivity contribution in [2.45, 2.75) is 67.2 Å². The molecule has 0 aromatic carbocycles. The second-order valence-electron chi connectivity index (χ2n) is 6.95. The van der Waals surface area contributed by atoms with Crippen LogP contribution in [0.3, 0.4) is 0 Å². The van der Waals surface area contributed by atoms with Crippen LogP contribution in [0.4, 0.5) is 0 Å². The number of rotatable bonds is 17. The van der Waals surface area contributed by atoms with Crippen LogP contribution >= 0.6 is 0 Å². The molecule has 0 aliphatic carbocycles. The van der Waals surface area contributed by atoms with Gasteiger partial charge in [0.1, 0.15) is 19.0 Å². The Labute approximate surface area is 176 Å². The summed E-state index contributed by atoms with van der Waals surface area (Å²) in [5, 5.41) is 6.91. The van der Waals surface area contributed by atoms with Crippen LogP contribution in [0, 0.1) is 11.8 Å². The lowest BCUT2D eigenvalue weighted by molar-refractivity contribution is -0.111. The van der Waals surface area contributed by atoms with Gasteiger partial charge in [0.05, 0.1) is 6.61 Å². The third-order valence-corrected chi connectivity index (χ3v) is 3.73. The number of nitrogens with zero attached hydrogens (tertiary/aromatic N) is 2. The molecule has 0 rings (SSSR count). The number of ether oxygens (including phenoxy) is 2. The Morgan fingerprint density at radius 3 is 1.79 bits per heavy atom. The fraction of sp³-hybridized carbons (Fsp3) is 0.810. The molecule has 170 valence electrons. The van der Waals surface area contributed by atoms with E-state index in [0.717, 1.165) is 45.1 Å². The van der Waals surface area contributed by atoms with Gasteiger partial charge in [-0.1, -0.05) is 50.8 Å². The first-order valence-corrected chi connectivity index (χ1v) is 10.3. The summed E-state index contributed by atoms with van der Waals surface area (Å²) in [6.07, 6.45) is 6.40. The Morgan fingerprint density at radius 2 is 1.28 bits per heavy atom. The monoisotopic (exact) mass is 416 g/mol. The van der Waals surface area contributed by atoms with Crippen LogP contribution < -0.4 is 0 Å². The lowest BCUT2D eigenvalue weighted by Gasteiger charge is -2.08. The Morgan fingerprint density at radius 1 is 0.793 bits per heavy atom. The number of hydrogen-bond donors (Lipinski definition) is 0. The van der Waals surface area contributed by atoms with Gasteiger partial charge < -0.3 is 19.1 Å². The molecule has 8 heteroatoms. The van der Waals surface area contributed by atoms with Gasteiger partial charge in [0.25, 0.3) is 0 Å². The Kier molecular flexibility index (Phi) is 22.8. The molecule has 29 heavy (non-hydrogen) atoms. The van der Waals surface area contributed by atoms with Gasteiger partial charge in [0, 0.05) is 27.1 Å². The van der Waals surface area contributed by atoms with Crippen molar-refractivity contribution >= 4 is 24.0 Å². The zero-order valence-corrected chi connectivity index (χ0v) is 19.0. The molecule has 2 atom stereocenters. The summed E-state index contributed by atoms with van der Waals surface area (Å²) in [6, 6.07) is 0. The van der Waals surface area contributed by atoms with E-state index in [4.69, 9.17) is 14.3 Å². The number of carbonyl (C=O) groups excluding carboxylic acids is 2. The summed E-state index contributed by atoms with van der Waals surface area (Å²) in [5.41, 5.74) is 0. The lowest BCUT2D eigenvalue weighted by atomic mass is 10.1. The van der Waals surface area contributed by atoms with E-state index in [-0.39, 0.29) is 18.4 Å². The molecule has 0 saturated carbocycles. The maximum absolute atomic E-state index is 10.5. The van der Waals surface area contributed by atoms with Crippen molar-refractivity contribution in [3.63, 3.8) is 0 Å². The van der Waals surface area contributed by atoms with Gasteiger partial charge >= 0.3 is 0 Å². The third kappa shape index (κ3) is 28.5. The maximum atomic E-state index is 10.5. The third-order valence-electron chi connectivity index (χ3n) is 3.73. The molecule has 2 unspecified atom stereocenters. The molecule has 0 N–H and O–H groups in total. The summed E-state index contributed by atoms with van der Waals surface area (Å²) >= 11 is 0. The van der Waals surface area contributed by atoms with E-state index in [2.05, 4.69) is 42.8 Å². The van der Waals surface area contributed by atoms with E-state index in [0.29, 0.717) is 25.0 Å². The van der Waals surface area contributed by atoms with Crippen molar-refractivity contribution < 1.29 is 28.7 Å². The number of oxime groups is 2. The largest absolute Gasteiger partial charge is 0.396 e. The highest BCUT2D eigenvalue weighted by atomic mass is 16.7. The molecule has 8 nitrogen and oxygen atoms in total. The quantitative estimate of drug-likeness (QED) is 0.154. The predicted octanol–water partition coefficient (Wildman–Crippen LogP) is 4.02. The summed E-state index contributed by atoms with van der Waals surface area (Å²) < 4.78 is 10.6. The van der Waals surface area contributed by atoms with Gasteiger partial charge in [0.15, 0.2) is 11.6 Å². The average Bonchev–Trinajstić information content (AvgIpc) is 2.68. The summed E-state index contributed by atoms with van der Waals surface area (Å²) in [6.45, 7) is 14.3. The first-order chi connectivity index (χ1) is 13.8. The van der Waals surface area contributed by atoms with Crippen LogP contribution in [0.25, 0.3) is 0 Å². The highest BCUT2D eigenvalue weighted by molar-refractivity contribution is 6.26. The van der Waals surface area contributed by atoms with Gasteiger partial charge in [-0.2, -0.15) is 0 Å². The van der Waals surface area contributed by atoms with Crippen LogP contribution in [0.15, 0.2) is 10.3 Å². The van der Waals surface area contributed by atoms with E-state index < -0.39 is 0 Å². The molecule has 0 amide bonds. The molecule has 0 radical (unpaired) electrons. The Balaban J connectivity index is 0. The molecular weight excluding hydrogens is 376 g/mol. The molecule has 0 spiro atoms. The zero-order chi connectivity index (χ0) is 22.3. The first kappa shape index (κ1) is 29.4. The number of hydrogen-bond acceptors (Lipinski definition) is 8. The molecule has 0 aromatic rings. The second kappa shape index (κ2) is 22.5. The van der Waals surface area contributed by atoms with Crippen molar-refractivity contribution in [1.29, 1.82) is 0 Å². The summed E-state index contributed by atoms with van der Waals surface area (Å²) in [5.74, 6) is 0.926. The highest BCUT2D eigenvalue weighted by Gasteiger charge is 1.98. The molecule has 0 fully saturated rings. The minimum Gasteiger partial charge on any atom is -0.396 e. The van der Waals surface area contributed by atoms with Crippen LogP contribution in [0.1, 0.15) is 67.2 Å². The van der Waals surface area contributed by atoms with Crippen LogP contribution in [0.5, 0.6) is 0 Å². The van der Waals surface area contributed by atoms with Gasteiger partial charge in [-0.3, -0.25) is 9.59 Å². The van der Waals surface area contributed by atoms with Gasteiger partial charge in [-0.25, -0.2) is 0 Å². The number of Topliss-reactive ketones (excluding diaryl/α,β-unsaturated/α-hetero) is 2. The predicted molar refractivity (Wildman–Crippen MR) is 115 cm³/mol. The van der Waals surface area contributed by atoms with Crippen LogP contribution in [0.2, 0.25) is 0 Å². The minimum atomic E-state index is -0.137. The molecule has 0 aliphatic heterocycles. The molecular formula is C21H40N2O6. The van der Waals surface area contributed by atoms with Gasteiger partial charge in [0.2, 0.25) is 6.79 Å². The molecule has 0 bridgehead atoms. The molecule has 0 heterocycles. The lowest BCUT2D eigenvalue weighted by Crippen LogP contribution is -2.06. The van der Waals surface area contributed by atoms with Crippen molar-refractivity contribution in [2.24, 2.45) is 22.1 Å². The number of ketones is 2. The first-order valence-electron chi connectivity index (χ1n) is 10.3. The van der Waals surface area contributed by atoms with E-state index in [1.165, 1.54) is 20.1 Å². The standard InChI is InChI=1S/C12H23NO3.C9H17NO3/c1-4-11(2)10-15-7-5-6-8-16-13-9-12(3)14;1-4-8(2)6-12-7-13-10-5-9(3)11/h9,11H,4-8,10H2,1-3H3;5,8H,4,6-7H2,1-3H3/b13-9+;10-5+. The highest BCUT2D eigenvalue weighted by Crippen LogP contribution is 2.01. The maximum Gasteiger partial charge on any atom is 0.216 e. The SMILES string of the molecule is CCC(C)COCCCCO/N=C/C(C)=O.CCC(C)COCO/N=C/C(C)=O. The normalized spacial score (nSPS) is 13.0. The second-order valence-corrected chi connectivity index (χ2v) is 6.95. The van der Waals surface area contributed by atoms with E-state index in [1.807, 2.05) is 0 Å².